The average Bonchev–Trinajstić information content (AvgIpc) is 2.93. The van der Waals surface area contributed by atoms with Gasteiger partial charge in [-0.05, 0) is 45.3 Å². The molecule has 1 aromatic carbocycles. The molecule has 0 bridgehead atoms. The first-order chi connectivity index (χ1) is 9.90. The highest BCUT2D eigenvalue weighted by atomic mass is 32.2. The quantitative estimate of drug-likeness (QED) is 0.888. The molecule has 2 rings (SSSR count). The van der Waals surface area contributed by atoms with Gasteiger partial charge in [0.2, 0.25) is 10.0 Å². The monoisotopic (exact) mass is 308 g/mol. The van der Waals surface area contributed by atoms with Gasteiger partial charge in [-0.2, -0.15) is 0 Å². The Morgan fingerprint density at radius 1 is 1.19 bits per heavy atom. The molecule has 0 aliphatic heterocycles. The van der Waals surface area contributed by atoms with E-state index in [1.54, 1.807) is 36.6 Å². The number of nitrogens with zero attached hydrogens (tertiary/aromatic N) is 1. The molecule has 21 heavy (non-hydrogen) atoms. The predicted octanol–water partition coefficient (Wildman–Crippen LogP) is 2.17. The van der Waals surface area contributed by atoms with Gasteiger partial charge in [0.25, 0.3) is 0 Å². The summed E-state index contributed by atoms with van der Waals surface area (Å²) in [6.07, 6.45) is 1.58. The topological polar surface area (TPSA) is 62.6 Å². The molecule has 1 heterocycles. The first-order valence-corrected chi connectivity index (χ1v) is 8.14. The third kappa shape index (κ3) is 3.93. The minimum absolute atomic E-state index is 0.153. The number of likely N-dealkylation sites (N-methyl/N-ethyl adjacent to an activating group) is 1. The van der Waals surface area contributed by atoms with Crippen LogP contribution in [0.5, 0.6) is 0 Å². The van der Waals surface area contributed by atoms with E-state index in [1.807, 2.05) is 32.0 Å². The van der Waals surface area contributed by atoms with E-state index >= 15 is 0 Å². The molecule has 6 heteroatoms. The number of aryl methyl sites for hydroxylation is 1. The van der Waals surface area contributed by atoms with Crippen LogP contribution in [-0.2, 0) is 10.0 Å². The van der Waals surface area contributed by atoms with Crippen molar-refractivity contribution in [3.8, 4) is 0 Å². The lowest BCUT2D eigenvalue weighted by Gasteiger charge is -2.22. The Morgan fingerprint density at radius 3 is 2.38 bits per heavy atom. The van der Waals surface area contributed by atoms with Gasteiger partial charge < -0.3 is 4.42 Å². The molecule has 2 aromatic rings. The summed E-state index contributed by atoms with van der Waals surface area (Å²) in [6, 6.07) is 10.3. The van der Waals surface area contributed by atoms with E-state index in [1.165, 1.54) is 0 Å². The summed E-state index contributed by atoms with van der Waals surface area (Å²) in [6.45, 7) is 2.17. The van der Waals surface area contributed by atoms with Crippen LogP contribution in [0.15, 0.2) is 52.0 Å². The molecule has 0 fully saturated rings. The predicted molar refractivity (Wildman–Crippen MR) is 81.5 cm³/mol. The van der Waals surface area contributed by atoms with E-state index in [-0.39, 0.29) is 17.5 Å². The van der Waals surface area contributed by atoms with E-state index in [2.05, 4.69) is 4.72 Å². The second kappa shape index (κ2) is 6.43. The summed E-state index contributed by atoms with van der Waals surface area (Å²) in [5.74, 6) is 0.728. The van der Waals surface area contributed by atoms with Crippen molar-refractivity contribution in [1.29, 1.82) is 0 Å². The molecule has 0 saturated heterocycles. The zero-order valence-corrected chi connectivity index (χ0v) is 13.2. The Labute approximate surface area is 125 Å². The summed E-state index contributed by atoms with van der Waals surface area (Å²) in [5.41, 5.74) is 1.02. The normalized spacial score (nSPS) is 13.5. The van der Waals surface area contributed by atoms with Crippen molar-refractivity contribution >= 4 is 10.0 Å². The summed E-state index contributed by atoms with van der Waals surface area (Å²) in [7, 11) is 0.250. The highest BCUT2D eigenvalue weighted by molar-refractivity contribution is 7.89. The Balaban J connectivity index is 2.11. The van der Waals surface area contributed by atoms with E-state index in [0.29, 0.717) is 0 Å². The van der Waals surface area contributed by atoms with Gasteiger partial charge in [0.05, 0.1) is 17.2 Å². The van der Waals surface area contributed by atoms with Gasteiger partial charge in [-0.25, -0.2) is 13.1 Å². The summed E-state index contributed by atoms with van der Waals surface area (Å²) in [5, 5.41) is 0. The summed E-state index contributed by atoms with van der Waals surface area (Å²) >= 11 is 0. The molecule has 1 aromatic heterocycles. The third-order valence-electron chi connectivity index (χ3n) is 3.29. The smallest absolute Gasteiger partial charge is 0.240 e. The van der Waals surface area contributed by atoms with Crippen LogP contribution in [0.3, 0.4) is 0 Å². The first-order valence-electron chi connectivity index (χ1n) is 6.66. The maximum Gasteiger partial charge on any atom is 0.240 e. The number of nitrogens with one attached hydrogen (secondary N) is 1. The summed E-state index contributed by atoms with van der Waals surface area (Å²) in [4.78, 5) is 2.18. The summed E-state index contributed by atoms with van der Waals surface area (Å²) < 4.78 is 32.6. The lowest BCUT2D eigenvalue weighted by molar-refractivity contribution is 0.259. The Hall–Kier alpha value is -1.63. The lowest BCUT2D eigenvalue weighted by Crippen LogP contribution is -2.34. The molecule has 0 amide bonds. The maximum absolute atomic E-state index is 12.3. The van der Waals surface area contributed by atoms with Crippen LogP contribution in [0.25, 0.3) is 0 Å². The lowest BCUT2D eigenvalue weighted by atomic mass is 10.2. The number of hydrogen-bond donors (Lipinski definition) is 1. The number of benzene rings is 1. The van der Waals surface area contributed by atoms with Crippen LogP contribution in [0.2, 0.25) is 0 Å². The van der Waals surface area contributed by atoms with Gasteiger partial charge in [0, 0.05) is 6.54 Å². The van der Waals surface area contributed by atoms with Gasteiger partial charge in [0.1, 0.15) is 5.76 Å². The Kier molecular flexibility index (Phi) is 4.82. The van der Waals surface area contributed by atoms with Crippen LogP contribution >= 0.6 is 0 Å². The van der Waals surface area contributed by atoms with Gasteiger partial charge in [0.15, 0.2) is 0 Å². The van der Waals surface area contributed by atoms with Crippen LogP contribution < -0.4 is 4.72 Å². The Bertz CT molecular complexity index is 661. The van der Waals surface area contributed by atoms with Gasteiger partial charge in [-0.3, -0.25) is 4.90 Å². The van der Waals surface area contributed by atoms with Crippen LogP contribution in [0.4, 0.5) is 0 Å². The first kappa shape index (κ1) is 15.8. The van der Waals surface area contributed by atoms with Gasteiger partial charge in [-0.1, -0.05) is 17.7 Å². The molecule has 1 atom stereocenters. The molecule has 0 spiro atoms. The number of rotatable bonds is 6. The molecule has 0 radical (unpaired) electrons. The van der Waals surface area contributed by atoms with Crippen molar-refractivity contribution in [1.82, 2.24) is 9.62 Å². The molecule has 0 aliphatic carbocycles. The van der Waals surface area contributed by atoms with Crippen molar-refractivity contribution in [3.05, 3.63) is 54.0 Å². The highest BCUT2D eigenvalue weighted by Crippen LogP contribution is 2.19. The molecule has 1 N–H and O–H groups in total. The SMILES string of the molecule is Cc1ccc(S(=O)(=O)NC[C@@H](c2ccco2)N(C)C)cc1. The third-order valence-corrected chi connectivity index (χ3v) is 4.73. The van der Waals surface area contributed by atoms with Crippen molar-refractivity contribution in [2.24, 2.45) is 0 Å². The fourth-order valence-electron chi connectivity index (χ4n) is 2.01. The van der Waals surface area contributed by atoms with E-state index < -0.39 is 10.0 Å². The number of sulfonamides is 1. The largest absolute Gasteiger partial charge is 0.468 e. The molecule has 5 nitrogen and oxygen atoms in total. The molecule has 114 valence electrons. The van der Waals surface area contributed by atoms with Crippen molar-refractivity contribution in [3.63, 3.8) is 0 Å². The highest BCUT2D eigenvalue weighted by Gasteiger charge is 2.21. The van der Waals surface area contributed by atoms with Crippen molar-refractivity contribution in [2.45, 2.75) is 17.9 Å². The minimum atomic E-state index is -3.52. The number of hydrogen-bond acceptors (Lipinski definition) is 4. The molecule has 0 saturated carbocycles. The van der Waals surface area contributed by atoms with E-state index in [4.69, 9.17) is 4.42 Å². The van der Waals surface area contributed by atoms with E-state index in [9.17, 15) is 8.42 Å². The van der Waals surface area contributed by atoms with E-state index in [0.717, 1.165) is 11.3 Å². The average molecular weight is 308 g/mol. The van der Waals surface area contributed by atoms with Crippen LogP contribution in [-0.4, -0.2) is 34.0 Å². The zero-order valence-electron chi connectivity index (χ0n) is 12.4. The second-order valence-electron chi connectivity index (χ2n) is 5.16. The second-order valence-corrected chi connectivity index (χ2v) is 6.93. The zero-order chi connectivity index (χ0) is 15.5. The minimum Gasteiger partial charge on any atom is -0.468 e. The van der Waals surface area contributed by atoms with Gasteiger partial charge >= 0.3 is 0 Å². The number of furan rings is 1. The molecule has 0 aliphatic rings. The fraction of sp³-hybridized carbons (Fsp3) is 0.333. The molecular weight excluding hydrogens is 288 g/mol. The molecule has 0 unspecified atom stereocenters. The Morgan fingerprint density at radius 2 is 1.86 bits per heavy atom. The maximum atomic E-state index is 12.3. The van der Waals surface area contributed by atoms with Crippen molar-refractivity contribution < 1.29 is 12.8 Å². The standard InChI is InChI=1S/C15H20N2O3S/c1-12-6-8-13(9-7-12)21(18,19)16-11-14(17(2)3)15-5-4-10-20-15/h4-10,14,16H,11H2,1-3H3/t14-/m0/s1. The van der Waals surface area contributed by atoms with Crippen LogP contribution in [0.1, 0.15) is 17.4 Å². The molecular formula is C15H20N2O3S. The van der Waals surface area contributed by atoms with Gasteiger partial charge in [-0.15, -0.1) is 0 Å². The van der Waals surface area contributed by atoms with Crippen LogP contribution in [0, 0.1) is 6.92 Å². The fourth-order valence-corrected chi connectivity index (χ4v) is 3.05. The van der Waals surface area contributed by atoms with Crippen molar-refractivity contribution in [2.75, 3.05) is 20.6 Å².